The highest BCUT2D eigenvalue weighted by molar-refractivity contribution is 6.39. The van der Waals surface area contributed by atoms with Crippen LogP contribution in [-0.4, -0.2) is 4.40 Å². The van der Waals surface area contributed by atoms with Crippen molar-refractivity contribution in [2.24, 2.45) is 0 Å². The van der Waals surface area contributed by atoms with E-state index in [0.29, 0.717) is 32.4 Å². The van der Waals surface area contributed by atoms with Crippen LogP contribution < -0.4 is 5.43 Å². The minimum atomic E-state index is -0.696. The van der Waals surface area contributed by atoms with E-state index < -0.39 is 11.6 Å². The van der Waals surface area contributed by atoms with E-state index in [4.69, 9.17) is 23.2 Å². The van der Waals surface area contributed by atoms with Gasteiger partial charge in [0.25, 0.3) is 0 Å². The van der Waals surface area contributed by atoms with E-state index in [1.807, 2.05) is 0 Å². The third-order valence-electron chi connectivity index (χ3n) is 4.32. The summed E-state index contributed by atoms with van der Waals surface area (Å²) in [4.78, 5) is 12.6. The summed E-state index contributed by atoms with van der Waals surface area (Å²) in [6.45, 7) is 0. The molecule has 0 N–H and O–H groups in total. The van der Waals surface area contributed by atoms with Crippen LogP contribution in [0.1, 0.15) is 0 Å². The lowest BCUT2D eigenvalue weighted by molar-refractivity contribution is 0.585. The molecular formula is C21H11Cl2F2NO. The van der Waals surface area contributed by atoms with E-state index in [-0.39, 0.29) is 11.0 Å². The van der Waals surface area contributed by atoms with Crippen molar-refractivity contribution in [2.75, 3.05) is 0 Å². The van der Waals surface area contributed by atoms with E-state index in [2.05, 4.69) is 0 Å². The van der Waals surface area contributed by atoms with Crippen LogP contribution in [0.3, 0.4) is 0 Å². The van der Waals surface area contributed by atoms with Gasteiger partial charge in [-0.15, -0.1) is 0 Å². The van der Waals surface area contributed by atoms with Gasteiger partial charge in [-0.1, -0.05) is 35.3 Å². The number of halogens is 4. The van der Waals surface area contributed by atoms with Gasteiger partial charge in [-0.25, -0.2) is 8.78 Å². The summed E-state index contributed by atoms with van der Waals surface area (Å²) in [6, 6.07) is 14.8. The van der Waals surface area contributed by atoms with Crippen LogP contribution >= 0.6 is 23.2 Å². The molecule has 0 atom stereocenters. The zero-order valence-electron chi connectivity index (χ0n) is 13.7. The highest BCUT2D eigenvalue weighted by atomic mass is 35.5. The van der Waals surface area contributed by atoms with Gasteiger partial charge in [-0.2, -0.15) is 0 Å². The van der Waals surface area contributed by atoms with Crippen LogP contribution in [0.2, 0.25) is 10.0 Å². The SMILES string of the molecule is O=c1ccn2c(-c3ccc(F)cc3F)cccc2c1-c1c(Cl)cccc1Cl. The van der Waals surface area contributed by atoms with Gasteiger partial charge in [-0.05, 0) is 36.4 Å². The van der Waals surface area contributed by atoms with Gasteiger partial charge in [-0.3, -0.25) is 4.79 Å². The molecule has 0 fully saturated rings. The van der Waals surface area contributed by atoms with Gasteiger partial charge in [0.2, 0.25) is 0 Å². The van der Waals surface area contributed by atoms with Gasteiger partial charge in [0, 0.05) is 29.5 Å². The molecule has 0 bridgehead atoms. The second-order valence-electron chi connectivity index (χ2n) is 5.94. The van der Waals surface area contributed by atoms with Gasteiger partial charge in [0.05, 0.1) is 26.8 Å². The smallest absolute Gasteiger partial charge is 0.190 e. The first-order valence-electron chi connectivity index (χ1n) is 8.01. The molecule has 2 aromatic carbocycles. The number of nitrogens with zero attached hydrogens (tertiary/aromatic N) is 1. The first-order valence-corrected chi connectivity index (χ1v) is 8.77. The number of benzene rings is 2. The predicted octanol–water partition coefficient (Wildman–Crippen LogP) is 6.22. The zero-order chi connectivity index (χ0) is 19.1. The Morgan fingerprint density at radius 3 is 2.22 bits per heavy atom. The van der Waals surface area contributed by atoms with Crippen molar-refractivity contribution in [2.45, 2.75) is 0 Å². The fraction of sp³-hybridized carbons (Fsp3) is 0. The maximum absolute atomic E-state index is 14.3. The maximum Gasteiger partial charge on any atom is 0.190 e. The van der Waals surface area contributed by atoms with Gasteiger partial charge in [0.15, 0.2) is 5.43 Å². The topological polar surface area (TPSA) is 21.5 Å². The van der Waals surface area contributed by atoms with Crippen molar-refractivity contribution in [3.63, 3.8) is 0 Å². The van der Waals surface area contributed by atoms with Crippen molar-refractivity contribution < 1.29 is 8.78 Å². The molecule has 0 saturated carbocycles. The Hall–Kier alpha value is -2.69. The molecule has 0 spiro atoms. The molecule has 6 heteroatoms. The van der Waals surface area contributed by atoms with Crippen LogP contribution in [0.4, 0.5) is 8.78 Å². The van der Waals surface area contributed by atoms with Crippen molar-refractivity contribution in [3.05, 3.63) is 98.8 Å². The first kappa shape index (κ1) is 17.7. The van der Waals surface area contributed by atoms with Crippen molar-refractivity contribution in [3.8, 4) is 22.4 Å². The molecule has 134 valence electrons. The monoisotopic (exact) mass is 401 g/mol. The Morgan fingerprint density at radius 2 is 1.52 bits per heavy atom. The van der Waals surface area contributed by atoms with Gasteiger partial charge >= 0.3 is 0 Å². The molecule has 0 aliphatic carbocycles. The standard InChI is InChI=1S/C21H11Cl2F2NO/c22-14-3-1-4-15(23)20(14)21-18-6-2-5-17(26(18)10-9-19(21)27)13-8-7-12(24)11-16(13)25/h1-11H. The highest BCUT2D eigenvalue weighted by Crippen LogP contribution is 2.36. The summed E-state index contributed by atoms with van der Waals surface area (Å²) >= 11 is 12.6. The molecule has 27 heavy (non-hydrogen) atoms. The Labute approximate surface area is 163 Å². The van der Waals surface area contributed by atoms with E-state index in [1.165, 1.54) is 18.2 Å². The Bertz CT molecular complexity index is 1230. The quantitative estimate of drug-likeness (QED) is 0.390. The molecule has 0 aliphatic rings. The van der Waals surface area contributed by atoms with E-state index >= 15 is 0 Å². The molecule has 0 amide bonds. The third-order valence-corrected chi connectivity index (χ3v) is 4.95. The van der Waals surface area contributed by atoms with E-state index in [9.17, 15) is 13.6 Å². The lowest BCUT2D eigenvalue weighted by Crippen LogP contribution is -2.09. The number of hydrogen-bond donors (Lipinski definition) is 0. The number of rotatable bonds is 2. The molecule has 0 unspecified atom stereocenters. The number of hydrogen-bond acceptors (Lipinski definition) is 1. The molecular weight excluding hydrogens is 391 g/mol. The van der Waals surface area contributed by atoms with E-state index in [1.54, 1.807) is 47.0 Å². The molecule has 0 aliphatic heterocycles. The summed E-state index contributed by atoms with van der Waals surface area (Å²) in [7, 11) is 0. The first-order chi connectivity index (χ1) is 13.0. The largest absolute Gasteiger partial charge is 0.316 e. The molecule has 2 heterocycles. The van der Waals surface area contributed by atoms with Crippen LogP contribution in [0.15, 0.2) is 71.7 Å². The Kier molecular flexibility index (Phi) is 4.46. The molecule has 4 rings (SSSR count). The van der Waals surface area contributed by atoms with Crippen LogP contribution in [0.25, 0.3) is 27.9 Å². The number of aromatic nitrogens is 1. The molecule has 0 radical (unpaired) electrons. The maximum atomic E-state index is 14.3. The summed E-state index contributed by atoms with van der Waals surface area (Å²) in [6.07, 6.45) is 1.55. The minimum Gasteiger partial charge on any atom is -0.316 e. The van der Waals surface area contributed by atoms with Crippen molar-refractivity contribution in [1.82, 2.24) is 4.40 Å². The average Bonchev–Trinajstić information content (AvgIpc) is 2.63. The molecule has 4 aromatic rings. The number of fused-ring (bicyclic) bond motifs is 1. The van der Waals surface area contributed by atoms with Gasteiger partial charge < -0.3 is 4.40 Å². The summed E-state index contributed by atoms with van der Waals surface area (Å²) in [5.74, 6) is -1.36. The van der Waals surface area contributed by atoms with Crippen molar-refractivity contribution >= 4 is 28.7 Å². The van der Waals surface area contributed by atoms with Crippen LogP contribution in [0, 0.1) is 11.6 Å². The van der Waals surface area contributed by atoms with Gasteiger partial charge in [0.1, 0.15) is 11.6 Å². The fourth-order valence-electron chi connectivity index (χ4n) is 3.14. The Morgan fingerprint density at radius 1 is 0.815 bits per heavy atom. The van der Waals surface area contributed by atoms with E-state index in [0.717, 1.165) is 6.07 Å². The Balaban J connectivity index is 2.09. The molecule has 0 saturated heterocycles. The summed E-state index contributed by atoms with van der Waals surface area (Å²) in [5.41, 5.74) is 1.66. The second-order valence-corrected chi connectivity index (χ2v) is 6.76. The molecule has 2 nitrogen and oxygen atoms in total. The second kappa shape index (κ2) is 6.80. The highest BCUT2D eigenvalue weighted by Gasteiger charge is 2.17. The summed E-state index contributed by atoms with van der Waals surface area (Å²) < 4.78 is 29.3. The summed E-state index contributed by atoms with van der Waals surface area (Å²) in [5, 5.41) is 0.678. The van der Waals surface area contributed by atoms with Crippen molar-refractivity contribution in [1.29, 1.82) is 0 Å². The molecule has 2 aromatic heterocycles. The lowest BCUT2D eigenvalue weighted by atomic mass is 10.0. The lowest BCUT2D eigenvalue weighted by Gasteiger charge is -2.14. The average molecular weight is 402 g/mol. The third kappa shape index (κ3) is 3.01. The number of pyridine rings is 2. The minimum absolute atomic E-state index is 0.210. The zero-order valence-corrected chi connectivity index (χ0v) is 15.2. The fourth-order valence-corrected chi connectivity index (χ4v) is 3.73. The van der Waals surface area contributed by atoms with Crippen LogP contribution in [0.5, 0.6) is 0 Å². The predicted molar refractivity (Wildman–Crippen MR) is 104 cm³/mol. The normalized spacial score (nSPS) is 11.1. The van der Waals surface area contributed by atoms with Crippen LogP contribution in [-0.2, 0) is 0 Å².